The van der Waals surface area contributed by atoms with Crippen LogP contribution in [0.25, 0.3) is 0 Å². The lowest BCUT2D eigenvalue weighted by atomic mass is 10.2. The molecular weight excluding hydrogens is 252 g/mol. The Morgan fingerprint density at radius 3 is 2.83 bits per heavy atom. The van der Waals surface area contributed by atoms with Crippen LogP contribution in [0.2, 0.25) is 0 Å². The highest BCUT2D eigenvalue weighted by Gasteiger charge is 2.43. The lowest BCUT2D eigenvalue weighted by Crippen LogP contribution is -2.30. The third-order valence-electron chi connectivity index (χ3n) is 2.94. The molecule has 0 radical (unpaired) electrons. The fourth-order valence-corrected chi connectivity index (χ4v) is 1.86. The van der Waals surface area contributed by atoms with Crippen LogP contribution in [-0.4, -0.2) is 17.4 Å². The second-order valence-electron chi connectivity index (χ2n) is 4.36. The number of H-pyrrole nitrogens is 1. The summed E-state index contributed by atoms with van der Waals surface area (Å²) < 4.78 is 0. The van der Waals surface area contributed by atoms with Gasteiger partial charge < -0.3 is 10.3 Å². The number of aromatic amines is 1. The summed E-state index contributed by atoms with van der Waals surface area (Å²) in [5, 5.41) is 2.64. The topological polar surface area (TPSA) is 62.0 Å². The number of pyridine rings is 1. The average Bonchev–Trinajstić information content (AvgIpc) is 3.08. The number of aromatic nitrogens is 1. The van der Waals surface area contributed by atoms with E-state index in [1.807, 2.05) is 13.0 Å². The van der Waals surface area contributed by atoms with Crippen molar-refractivity contribution in [3.63, 3.8) is 0 Å². The fraction of sp³-hybridized carbons (Fsp3) is 0.385. The fourth-order valence-electron chi connectivity index (χ4n) is 1.66. The Balaban J connectivity index is 2.14. The molecule has 1 aromatic rings. The first kappa shape index (κ1) is 12.9. The smallest absolute Gasteiger partial charge is 0.261 e. The van der Waals surface area contributed by atoms with Gasteiger partial charge in [-0.25, -0.2) is 0 Å². The number of hydrogen-bond donors (Lipinski definition) is 2. The molecule has 1 fully saturated rings. The van der Waals surface area contributed by atoms with Crippen molar-refractivity contribution in [1.82, 2.24) is 10.3 Å². The van der Waals surface area contributed by atoms with E-state index in [0.717, 1.165) is 12.8 Å². The van der Waals surface area contributed by atoms with Crippen LogP contribution in [0.3, 0.4) is 0 Å². The van der Waals surface area contributed by atoms with Gasteiger partial charge in [-0.05, 0) is 31.9 Å². The molecule has 0 atom stereocenters. The van der Waals surface area contributed by atoms with E-state index in [2.05, 4.69) is 10.3 Å². The van der Waals surface area contributed by atoms with Crippen LogP contribution < -0.4 is 10.9 Å². The zero-order valence-corrected chi connectivity index (χ0v) is 10.9. The van der Waals surface area contributed by atoms with E-state index in [1.165, 1.54) is 6.07 Å². The van der Waals surface area contributed by atoms with E-state index in [-0.39, 0.29) is 11.5 Å². The van der Waals surface area contributed by atoms with Gasteiger partial charge in [-0.15, -0.1) is 11.6 Å². The first-order chi connectivity index (χ1) is 8.57. The van der Waals surface area contributed by atoms with Crippen molar-refractivity contribution in [2.45, 2.75) is 24.6 Å². The van der Waals surface area contributed by atoms with E-state index in [4.69, 9.17) is 11.6 Å². The Labute approximate surface area is 110 Å². The van der Waals surface area contributed by atoms with Crippen LogP contribution in [0.5, 0.6) is 0 Å². The van der Waals surface area contributed by atoms with E-state index < -0.39 is 10.4 Å². The lowest BCUT2D eigenvalue weighted by molar-refractivity contribution is 0.0956. The summed E-state index contributed by atoms with van der Waals surface area (Å²) in [5.41, 5.74) is 0.417. The predicted octanol–water partition coefficient (Wildman–Crippen LogP) is 1.91. The van der Waals surface area contributed by atoms with Gasteiger partial charge in [-0.2, -0.15) is 0 Å². The zero-order chi connectivity index (χ0) is 13.2. The number of carbonyl (C=O) groups excluding carboxylic acids is 1. The Kier molecular flexibility index (Phi) is 3.57. The number of halogens is 1. The van der Waals surface area contributed by atoms with Crippen molar-refractivity contribution in [1.29, 1.82) is 0 Å². The zero-order valence-electron chi connectivity index (χ0n) is 10.1. The summed E-state index contributed by atoms with van der Waals surface area (Å²) >= 11 is 6.20. The summed E-state index contributed by atoms with van der Waals surface area (Å²) in [4.78, 5) is 25.8. The highest BCUT2D eigenvalue weighted by Crippen LogP contribution is 2.50. The molecule has 1 heterocycles. The van der Waals surface area contributed by atoms with Gasteiger partial charge in [0.05, 0.1) is 4.87 Å². The monoisotopic (exact) mass is 266 g/mol. The number of amides is 1. The average molecular weight is 267 g/mol. The van der Waals surface area contributed by atoms with Crippen LogP contribution >= 0.6 is 11.6 Å². The molecule has 2 N–H and O–H groups in total. The van der Waals surface area contributed by atoms with Gasteiger partial charge in [-0.1, -0.05) is 12.2 Å². The number of rotatable bonds is 4. The van der Waals surface area contributed by atoms with Crippen LogP contribution in [-0.2, 0) is 4.87 Å². The highest BCUT2D eigenvalue weighted by molar-refractivity contribution is 6.25. The minimum Gasteiger partial charge on any atom is -0.348 e. The quantitative estimate of drug-likeness (QED) is 0.646. The minimum absolute atomic E-state index is 0.115. The molecule has 0 aliphatic heterocycles. The van der Waals surface area contributed by atoms with E-state index in [9.17, 15) is 9.59 Å². The molecule has 1 aliphatic carbocycles. The van der Waals surface area contributed by atoms with Gasteiger partial charge in [0.25, 0.3) is 11.5 Å². The van der Waals surface area contributed by atoms with Crippen LogP contribution in [0.1, 0.15) is 35.8 Å². The molecule has 0 saturated heterocycles. The molecule has 0 bridgehead atoms. The maximum absolute atomic E-state index is 11.8. The summed E-state index contributed by atoms with van der Waals surface area (Å²) in [7, 11) is 0. The number of carbonyl (C=O) groups is 1. The Hall–Kier alpha value is -1.55. The molecule has 0 spiro atoms. The summed E-state index contributed by atoms with van der Waals surface area (Å²) in [6, 6.07) is 3.24. The second-order valence-corrected chi connectivity index (χ2v) is 5.08. The summed E-state index contributed by atoms with van der Waals surface area (Å²) in [6.07, 6.45) is 5.35. The van der Waals surface area contributed by atoms with Gasteiger partial charge >= 0.3 is 0 Å². The van der Waals surface area contributed by atoms with E-state index in [1.54, 1.807) is 12.1 Å². The molecule has 1 saturated carbocycles. The maximum atomic E-state index is 11.8. The van der Waals surface area contributed by atoms with Gasteiger partial charge in [-0.3, -0.25) is 9.59 Å². The first-order valence-corrected chi connectivity index (χ1v) is 6.27. The number of nitrogens with one attached hydrogen (secondary N) is 2. The standard InChI is InChI=1S/C13H15ClN2O2/c1-2-3-8-15-11(17)9-4-5-10(16-12(9)18)13(14)6-7-13/h2-5H,6-8H2,1H3,(H,15,17)(H,16,18)/b3-2+. The van der Waals surface area contributed by atoms with Crippen molar-refractivity contribution in [2.75, 3.05) is 6.54 Å². The Morgan fingerprint density at radius 2 is 2.28 bits per heavy atom. The molecular formula is C13H15ClN2O2. The molecule has 96 valence electrons. The molecule has 1 aromatic heterocycles. The SMILES string of the molecule is C/C=C/CNC(=O)c1ccc(C2(Cl)CC2)[nH]c1=O. The van der Waals surface area contributed by atoms with Crippen molar-refractivity contribution in [3.05, 3.63) is 45.9 Å². The molecule has 1 amide bonds. The van der Waals surface area contributed by atoms with Gasteiger partial charge in [0.15, 0.2) is 0 Å². The van der Waals surface area contributed by atoms with Crippen molar-refractivity contribution < 1.29 is 4.79 Å². The van der Waals surface area contributed by atoms with Gasteiger partial charge in [0.2, 0.25) is 0 Å². The number of alkyl halides is 1. The van der Waals surface area contributed by atoms with Crippen molar-refractivity contribution in [2.24, 2.45) is 0 Å². The summed E-state index contributed by atoms with van der Waals surface area (Å²) in [5.74, 6) is -0.375. The first-order valence-electron chi connectivity index (χ1n) is 5.89. The normalized spacial score (nSPS) is 16.8. The second kappa shape index (κ2) is 4.98. The van der Waals surface area contributed by atoms with Crippen LogP contribution in [0, 0.1) is 0 Å². The number of allylic oxidation sites excluding steroid dienone is 1. The molecule has 4 nitrogen and oxygen atoms in total. The van der Waals surface area contributed by atoms with Crippen molar-refractivity contribution >= 4 is 17.5 Å². The summed E-state index contributed by atoms with van der Waals surface area (Å²) in [6.45, 7) is 2.28. The Bertz CT molecular complexity index is 544. The molecule has 0 aromatic carbocycles. The van der Waals surface area contributed by atoms with Gasteiger partial charge in [0, 0.05) is 12.2 Å². The molecule has 2 rings (SSSR count). The van der Waals surface area contributed by atoms with E-state index in [0.29, 0.717) is 12.2 Å². The van der Waals surface area contributed by atoms with E-state index >= 15 is 0 Å². The third kappa shape index (κ3) is 2.64. The van der Waals surface area contributed by atoms with Crippen LogP contribution in [0.15, 0.2) is 29.1 Å². The van der Waals surface area contributed by atoms with Gasteiger partial charge in [0.1, 0.15) is 5.56 Å². The molecule has 18 heavy (non-hydrogen) atoms. The van der Waals surface area contributed by atoms with Crippen LogP contribution in [0.4, 0.5) is 0 Å². The van der Waals surface area contributed by atoms with Crippen molar-refractivity contribution in [3.8, 4) is 0 Å². The molecule has 0 unspecified atom stereocenters. The highest BCUT2D eigenvalue weighted by atomic mass is 35.5. The lowest BCUT2D eigenvalue weighted by Gasteiger charge is -2.07. The number of hydrogen-bond acceptors (Lipinski definition) is 2. The largest absolute Gasteiger partial charge is 0.348 e. The minimum atomic E-state index is -0.418. The maximum Gasteiger partial charge on any atom is 0.261 e. The Morgan fingerprint density at radius 1 is 1.56 bits per heavy atom. The predicted molar refractivity (Wildman–Crippen MR) is 71.0 cm³/mol. The third-order valence-corrected chi connectivity index (χ3v) is 3.52. The molecule has 5 heteroatoms. The molecule has 1 aliphatic rings.